The number of amidine groups is 1. The van der Waals surface area contributed by atoms with Crippen LogP contribution in [0.15, 0.2) is 82.9 Å². The van der Waals surface area contributed by atoms with Gasteiger partial charge in [0.25, 0.3) is 5.91 Å². The van der Waals surface area contributed by atoms with E-state index in [0.717, 1.165) is 22.4 Å². The average Bonchev–Trinajstić information content (AvgIpc) is 3.44. The lowest BCUT2D eigenvalue weighted by atomic mass is 9.98. The Morgan fingerprint density at radius 1 is 1.14 bits per heavy atom. The number of aryl methyl sites for hydroxylation is 1. The molecule has 2 heterocycles. The molecule has 2 aliphatic heterocycles. The lowest BCUT2D eigenvalue weighted by Gasteiger charge is -2.23. The van der Waals surface area contributed by atoms with E-state index in [1.807, 2.05) is 31.2 Å². The minimum Gasteiger partial charge on any atom is -0.326 e. The summed E-state index contributed by atoms with van der Waals surface area (Å²) in [6.07, 6.45) is 0.545. The number of thioether (sulfide) groups is 1. The zero-order valence-corrected chi connectivity index (χ0v) is 20.9. The molecule has 3 aromatic rings. The Morgan fingerprint density at radius 2 is 1.89 bits per heavy atom. The molecule has 0 unspecified atom stereocenters. The first-order valence-electron chi connectivity index (χ1n) is 11.4. The average molecular weight is 521 g/mol. The minimum absolute atomic E-state index is 0.0272. The van der Waals surface area contributed by atoms with Crippen molar-refractivity contribution in [2.24, 2.45) is 10.1 Å². The highest BCUT2D eigenvalue weighted by atomic mass is 35.5. The van der Waals surface area contributed by atoms with Gasteiger partial charge < -0.3 is 5.32 Å². The second kappa shape index (κ2) is 10.2. The van der Waals surface area contributed by atoms with Crippen molar-refractivity contribution in [2.45, 2.75) is 31.1 Å². The van der Waals surface area contributed by atoms with Gasteiger partial charge in [-0.3, -0.25) is 9.59 Å². The van der Waals surface area contributed by atoms with Gasteiger partial charge in [0.1, 0.15) is 11.1 Å². The molecule has 2 atom stereocenters. The second-order valence-electron chi connectivity index (χ2n) is 8.63. The van der Waals surface area contributed by atoms with E-state index in [2.05, 4.69) is 10.3 Å². The molecule has 6 nitrogen and oxygen atoms in total. The Bertz CT molecular complexity index is 1380. The highest BCUT2D eigenvalue weighted by Crippen LogP contribution is 2.38. The van der Waals surface area contributed by atoms with Crippen molar-refractivity contribution in [2.75, 3.05) is 5.32 Å². The largest absolute Gasteiger partial charge is 0.326 e. The van der Waals surface area contributed by atoms with Crippen LogP contribution in [-0.2, 0) is 9.59 Å². The molecule has 182 valence electrons. The van der Waals surface area contributed by atoms with E-state index in [4.69, 9.17) is 16.7 Å². The first-order valence-corrected chi connectivity index (χ1v) is 12.7. The molecule has 0 fully saturated rings. The Hall–Kier alpha value is -3.49. The Morgan fingerprint density at radius 3 is 2.61 bits per heavy atom. The standard InChI is InChI=1S/C27H22ClFN4O2S/c1-16-5-7-18(8-6-16)23-14-22(17-9-11-20(29)12-10-17)32-33(23)27-31-26(35)24(36-27)15-25(34)30-21-4-2-3-19(28)13-21/h2-13,23-24H,14-15H2,1H3,(H,30,34)/t23-,24+/m0/s1. The molecule has 5 rings (SSSR count). The normalized spacial score (nSPS) is 19.3. The first kappa shape index (κ1) is 24.2. The van der Waals surface area contributed by atoms with Crippen LogP contribution in [0.5, 0.6) is 0 Å². The third-order valence-electron chi connectivity index (χ3n) is 5.95. The van der Waals surface area contributed by atoms with Crippen LogP contribution >= 0.6 is 23.4 Å². The van der Waals surface area contributed by atoms with E-state index in [9.17, 15) is 14.0 Å². The molecule has 2 amide bonds. The van der Waals surface area contributed by atoms with E-state index in [0.29, 0.717) is 22.3 Å². The van der Waals surface area contributed by atoms with Crippen LogP contribution < -0.4 is 5.32 Å². The smallest absolute Gasteiger partial charge is 0.262 e. The maximum atomic E-state index is 13.5. The van der Waals surface area contributed by atoms with Crippen LogP contribution in [0.1, 0.15) is 35.6 Å². The van der Waals surface area contributed by atoms with Crippen LogP contribution in [0.4, 0.5) is 10.1 Å². The Kier molecular flexibility index (Phi) is 6.89. The molecule has 36 heavy (non-hydrogen) atoms. The number of amides is 2. The summed E-state index contributed by atoms with van der Waals surface area (Å²) in [5.41, 5.74) is 4.31. The molecule has 9 heteroatoms. The maximum absolute atomic E-state index is 13.5. The van der Waals surface area contributed by atoms with E-state index in [-0.39, 0.29) is 30.1 Å². The summed E-state index contributed by atoms with van der Waals surface area (Å²) in [5, 5.41) is 9.62. The van der Waals surface area contributed by atoms with Gasteiger partial charge in [-0.25, -0.2) is 9.40 Å². The summed E-state index contributed by atoms with van der Waals surface area (Å²) in [7, 11) is 0. The van der Waals surface area contributed by atoms with Crippen molar-refractivity contribution in [3.63, 3.8) is 0 Å². The fourth-order valence-electron chi connectivity index (χ4n) is 4.10. The number of hydrazone groups is 1. The summed E-state index contributed by atoms with van der Waals surface area (Å²) in [4.78, 5) is 29.6. The van der Waals surface area contributed by atoms with Gasteiger partial charge in [0.15, 0.2) is 5.17 Å². The lowest BCUT2D eigenvalue weighted by molar-refractivity contribution is -0.121. The summed E-state index contributed by atoms with van der Waals surface area (Å²) < 4.78 is 13.5. The quantitative estimate of drug-likeness (QED) is 0.450. The SMILES string of the molecule is Cc1ccc([C@@H]2CC(c3ccc(F)cc3)=NN2C2=NC(=O)[C@@H](CC(=O)Nc3cccc(Cl)c3)S2)cc1. The number of benzene rings is 3. The highest BCUT2D eigenvalue weighted by molar-refractivity contribution is 8.15. The molecule has 0 spiro atoms. The summed E-state index contributed by atoms with van der Waals surface area (Å²) in [5.74, 6) is -0.986. The van der Waals surface area contributed by atoms with Gasteiger partial charge in [0.05, 0.1) is 11.8 Å². The van der Waals surface area contributed by atoms with Crippen molar-refractivity contribution < 1.29 is 14.0 Å². The second-order valence-corrected chi connectivity index (χ2v) is 10.2. The fraction of sp³-hybridized carbons (Fsp3) is 0.185. The van der Waals surface area contributed by atoms with Gasteiger partial charge in [-0.2, -0.15) is 10.1 Å². The molecule has 0 bridgehead atoms. The van der Waals surface area contributed by atoms with Crippen molar-refractivity contribution >= 4 is 51.7 Å². The molecule has 2 aliphatic rings. The van der Waals surface area contributed by atoms with Crippen LogP contribution in [-0.4, -0.2) is 33.0 Å². The van der Waals surface area contributed by atoms with Gasteiger partial charge in [-0.1, -0.05) is 71.4 Å². The Labute approximate surface area is 217 Å². The zero-order valence-electron chi connectivity index (χ0n) is 19.3. The third-order valence-corrected chi connectivity index (χ3v) is 7.33. The summed E-state index contributed by atoms with van der Waals surface area (Å²) >= 11 is 7.22. The van der Waals surface area contributed by atoms with E-state index >= 15 is 0 Å². The van der Waals surface area contributed by atoms with E-state index < -0.39 is 5.25 Å². The molecule has 3 aromatic carbocycles. The minimum atomic E-state index is -0.650. The molecular weight excluding hydrogens is 499 g/mol. The number of anilines is 1. The fourth-order valence-corrected chi connectivity index (χ4v) is 5.35. The zero-order chi connectivity index (χ0) is 25.2. The number of aliphatic imine (C=N–C) groups is 1. The van der Waals surface area contributed by atoms with Crippen LogP contribution in [0.2, 0.25) is 5.02 Å². The predicted octanol–water partition coefficient (Wildman–Crippen LogP) is 5.97. The van der Waals surface area contributed by atoms with Crippen molar-refractivity contribution in [3.8, 4) is 0 Å². The molecule has 0 saturated heterocycles. The van der Waals surface area contributed by atoms with Crippen molar-refractivity contribution in [3.05, 3.63) is 100 Å². The number of hydrogen-bond acceptors (Lipinski definition) is 5. The van der Waals surface area contributed by atoms with Crippen molar-refractivity contribution in [1.82, 2.24) is 5.01 Å². The van der Waals surface area contributed by atoms with Gasteiger partial charge in [0, 0.05) is 23.6 Å². The number of carbonyl (C=O) groups is 2. The maximum Gasteiger partial charge on any atom is 0.262 e. The van der Waals surface area contributed by atoms with Crippen LogP contribution in [0.3, 0.4) is 0 Å². The van der Waals surface area contributed by atoms with Crippen molar-refractivity contribution in [1.29, 1.82) is 0 Å². The third kappa shape index (κ3) is 5.34. The number of rotatable bonds is 5. The molecule has 0 aliphatic carbocycles. The molecule has 0 aromatic heterocycles. The van der Waals surface area contributed by atoms with Gasteiger partial charge >= 0.3 is 0 Å². The number of halogens is 2. The predicted molar refractivity (Wildman–Crippen MR) is 142 cm³/mol. The molecule has 0 radical (unpaired) electrons. The van der Waals surface area contributed by atoms with E-state index in [1.165, 1.54) is 23.9 Å². The van der Waals surface area contributed by atoms with Crippen LogP contribution in [0, 0.1) is 12.7 Å². The Balaban J connectivity index is 1.35. The summed E-state index contributed by atoms with van der Waals surface area (Å²) in [6, 6.07) is 21.0. The molecule has 1 N–H and O–H groups in total. The van der Waals surface area contributed by atoms with Gasteiger partial charge in [0.2, 0.25) is 5.91 Å². The number of nitrogens with zero attached hydrogens (tertiary/aromatic N) is 3. The first-order chi connectivity index (χ1) is 17.4. The topological polar surface area (TPSA) is 74.1 Å². The van der Waals surface area contributed by atoms with Gasteiger partial charge in [-0.05, 0) is 48.4 Å². The monoisotopic (exact) mass is 520 g/mol. The van der Waals surface area contributed by atoms with E-state index in [1.54, 1.807) is 41.4 Å². The number of carbonyl (C=O) groups excluding carboxylic acids is 2. The molecule has 0 saturated carbocycles. The summed E-state index contributed by atoms with van der Waals surface area (Å²) in [6.45, 7) is 2.02. The molecular formula is C27H22ClFN4O2S. The lowest BCUT2D eigenvalue weighted by Crippen LogP contribution is -2.25. The van der Waals surface area contributed by atoms with Crippen LogP contribution in [0.25, 0.3) is 0 Å². The number of hydrogen-bond donors (Lipinski definition) is 1. The number of nitrogens with one attached hydrogen (secondary N) is 1. The van der Waals surface area contributed by atoms with Gasteiger partial charge in [-0.15, -0.1) is 0 Å². The highest BCUT2D eigenvalue weighted by Gasteiger charge is 2.39.